The number of hydrogen-bond acceptors (Lipinski definition) is 4. The number of primary amides is 1. The molecule has 0 aliphatic carbocycles. The van der Waals surface area contributed by atoms with Crippen LogP contribution in [0.3, 0.4) is 0 Å². The zero-order chi connectivity index (χ0) is 11.4. The molecule has 16 heavy (non-hydrogen) atoms. The molecule has 0 bridgehead atoms. The summed E-state index contributed by atoms with van der Waals surface area (Å²) in [5.41, 5.74) is 5.94. The van der Waals surface area contributed by atoms with E-state index in [1.54, 1.807) is 12.5 Å². The molecule has 0 spiro atoms. The van der Waals surface area contributed by atoms with Gasteiger partial charge in [-0.2, -0.15) is 0 Å². The first-order valence-corrected chi connectivity index (χ1v) is 5.53. The topological polar surface area (TPSA) is 80.9 Å². The number of aromatic nitrogens is 2. The van der Waals surface area contributed by atoms with Crippen molar-refractivity contribution in [3.8, 4) is 0 Å². The number of carbonyl (C=O) groups excluding carboxylic acids is 1. The molecule has 1 aromatic heterocycles. The first-order valence-electron chi connectivity index (χ1n) is 5.53. The maximum atomic E-state index is 11.3. The Morgan fingerprint density at radius 3 is 2.94 bits per heavy atom. The summed E-state index contributed by atoms with van der Waals surface area (Å²) >= 11 is 0. The van der Waals surface area contributed by atoms with E-state index in [9.17, 15) is 4.79 Å². The van der Waals surface area contributed by atoms with Crippen molar-refractivity contribution in [2.75, 3.05) is 6.54 Å². The van der Waals surface area contributed by atoms with Gasteiger partial charge in [-0.25, -0.2) is 9.97 Å². The Morgan fingerprint density at radius 2 is 2.44 bits per heavy atom. The molecule has 1 aliphatic heterocycles. The lowest BCUT2D eigenvalue weighted by Crippen LogP contribution is -2.64. The second-order valence-corrected chi connectivity index (χ2v) is 4.18. The molecular formula is C11H16N4O. The van der Waals surface area contributed by atoms with Crippen LogP contribution >= 0.6 is 0 Å². The summed E-state index contributed by atoms with van der Waals surface area (Å²) < 4.78 is 0. The maximum absolute atomic E-state index is 11.3. The summed E-state index contributed by atoms with van der Waals surface area (Å²) in [7, 11) is 0. The quantitative estimate of drug-likeness (QED) is 0.733. The molecule has 2 heterocycles. The Hall–Kier alpha value is -1.49. The number of aryl methyl sites for hydroxylation is 1. The average Bonchev–Trinajstić information content (AvgIpc) is 2.23. The van der Waals surface area contributed by atoms with Crippen molar-refractivity contribution in [3.05, 3.63) is 24.3 Å². The number of amides is 1. The lowest BCUT2D eigenvalue weighted by atomic mass is 9.82. The van der Waals surface area contributed by atoms with E-state index in [2.05, 4.69) is 15.3 Å². The van der Waals surface area contributed by atoms with Crippen molar-refractivity contribution in [1.29, 1.82) is 0 Å². The summed E-state index contributed by atoms with van der Waals surface area (Å²) in [5.74, 6) is -0.235. The summed E-state index contributed by atoms with van der Waals surface area (Å²) in [5, 5.41) is 3.14. The van der Waals surface area contributed by atoms with Crippen molar-refractivity contribution in [3.63, 3.8) is 0 Å². The van der Waals surface area contributed by atoms with Gasteiger partial charge in [-0.15, -0.1) is 0 Å². The Bertz CT molecular complexity index is 362. The minimum Gasteiger partial charge on any atom is -0.368 e. The molecule has 1 amide bonds. The highest BCUT2D eigenvalue weighted by molar-refractivity contribution is 5.85. The first kappa shape index (κ1) is 11.0. The van der Waals surface area contributed by atoms with Gasteiger partial charge >= 0.3 is 0 Å². The molecule has 1 aromatic rings. The number of nitrogens with one attached hydrogen (secondary N) is 1. The molecule has 0 saturated carbocycles. The highest BCUT2D eigenvalue weighted by Crippen LogP contribution is 2.24. The number of carbonyl (C=O) groups is 1. The zero-order valence-corrected chi connectivity index (χ0v) is 9.15. The second kappa shape index (κ2) is 4.57. The third kappa shape index (κ3) is 2.19. The minimum atomic E-state index is -0.451. The van der Waals surface area contributed by atoms with Gasteiger partial charge in [-0.1, -0.05) is 0 Å². The van der Waals surface area contributed by atoms with E-state index in [1.165, 1.54) is 0 Å². The number of nitrogens with two attached hydrogens (primary N) is 1. The Balaban J connectivity index is 1.82. The van der Waals surface area contributed by atoms with Crippen molar-refractivity contribution in [2.24, 2.45) is 5.73 Å². The first-order chi connectivity index (χ1) is 7.73. The fourth-order valence-corrected chi connectivity index (χ4v) is 2.01. The second-order valence-electron chi connectivity index (χ2n) is 4.18. The van der Waals surface area contributed by atoms with E-state index in [4.69, 9.17) is 5.73 Å². The third-order valence-electron chi connectivity index (χ3n) is 3.17. The van der Waals surface area contributed by atoms with Crippen LogP contribution in [0.4, 0.5) is 0 Å². The Kier molecular flexibility index (Phi) is 3.14. The highest BCUT2D eigenvalue weighted by atomic mass is 16.1. The highest BCUT2D eigenvalue weighted by Gasteiger charge is 2.41. The van der Waals surface area contributed by atoms with Crippen LogP contribution in [0.25, 0.3) is 0 Å². The van der Waals surface area contributed by atoms with E-state index in [0.717, 1.165) is 37.9 Å². The molecule has 1 atom stereocenters. The molecule has 3 N–H and O–H groups in total. The van der Waals surface area contributed by atoms with Gasteiger partial charge in [0.1, 0.15) is 6.33 Å². The van der Waals surface area contributed by atoms with Crippen molar-refractivity contribution < 1.29 is 4.79 Å². The number of hydrogen-bond donors (Lipinski definition) is 2. The van der Waals surface area contributed by atoms with Gasteiger partial charge < -0.3 is 11.1 Å². The number of nitrogens with zero attached hydrogens (tertiary/aromatic N) is 2. The van der Waals surface area contributed by atoms with Crippen molar-refractivity contribution in [1.82, 2.24) is 15.3 Å². The Morgan fingerprint density at radius 1 is 1.62 bits per heavy atom. The fraction of sp³-hybridized carbons (Fsp3) is 0.545. The van der Waals surface area contributed by atoms with Crippen LogP contribution in [0, 0.1) is 0 Å². The fourth-order valence-electron chi connectivity index (χ4n) is 2.01. The zero-order valence-electron chi connectivity index (χ0n) is 9.15. The lowest BCUT2D eigenvalue weighted by molar-refractivity contribution is -0.127. The van der Waals surface area contributed by atoms with Gasteiger partial charge in [0.25, 0.3) is 0 Å². The van der Waals surface area contributed by atoms with Gasteiger partial charge in [-0.3, -0.25) is 4.79 Å². The van der Waals surface area contributed by atoms with E-state index in [-0.39, 0.29) is 5.91 Å². The van der Waals surface area contributed by atoms with Gasteiger partial charge in [0.05, 0.1) is 5.54 Å². The van der Waals surface area contributed by atoms with Crippen LogP contribution in [-0.2, 0) is 11.2 Å². The largest absolute Gasteiger partial charge is 0.368 e. The molecule has 5 nitrogen and oxygen atoms in total. The molecule has 5 heteroatoms. The van der Waals surface area contributed by atoms with Crippen LogP contribution in [0.1, 0.15) is 25.0 Å². The van der Waals surface area contributed by atoms with Crippen LogP contribution in [0.15, 0.2) is 18.6 Å². The van der Waals surface area contributed by atoms with Crippen LogP contribution in [-0.4, -0.2) is 28.0 Å². The molecular weight excluding hydrogens is 204 g/mol. The minimum absolute atomic E-state index is 0.235. The SMILES string of the molecule is NC(=O)[C@@]1(CCCc2ccncn2)CCN1. The van der Waals surface area contributed by atoms with Crippen LogP contribution < -0.4 is 11.1 Å². The van der Waals surface area contributed by atoms with E-state index < -0.39 is 5.54 Å². The van der Waals surface area contributed by atoms with E-state index in [0.29, 0.717) is 0 Å². The maximum Gasteiger partial charge on any atom is 0.237 e. The predicted octanol–water partition coefficient (Wildman–Crippen LogP) is 0.0167. The molecule has 0 aromatic carbocycles. The van der Waals surface area contributed by atoms with Crippen molar-refractivity contribution >= 4 is 5.91 Å². The molecule has 1 saturated heterocycles. The molecule has 0 radical (unpaired) electrons. The molecule has 1 fully saturated rings. The Labute approximate surface area is 94.5 Å². The third-order valence-corrected chi connectivity index (χ3v) is 3.17. The molecule has 86 valence electrons. The summed E-state index contributed by atoms with van der Waals surface area (Å²) in [6.07, 6.45) is 6.68. The van der Waals surface area contributed by atoms with Gasteiger partial charge in [0, 0.05) is 11.9 Å². The number of rotatable bonds is 5. The monoisotopic (exact) mass is 220 g/mol. The van der Waals surface area contributed by atoms with E-state index >= 15 is 0 Å². The van der Waals surface area contributed by atoms with Crippen molar-refractivity contribution in [2.45, 2.75) is 31.2 Å². The standard InChI is InChI=1S/C11H16N4O/c12-10(16)11(5-7-15-11)4-1-2-9-3-6-13-8-14-9/h3,6,8,15H,1-2,4-5,7H2,(H2,12,16)/t11-/m1/s1. The smallest absolute Gasteiger partial charge is 0.237 e. The van der Waals surface area contributed by atoms with E-state index in [1.807, 2.05) is 6.07 Å². The molecule has 2 rings (SSSR count). The molecule has 0 unspecified atom stereocenters. The summed E-state index contributed by atoms with van der Waals surface area (Å²) in [4.78, 5) is 19.3. The van der Waals surface area contributed by atoms with Crippen LogP contribution in [0.5, 0.6) is 0 Å². The summed E-state index contributed by atoms with van der Waals surface area (Å²) in [6, 6.07) is 1.89. The predicted molar refractivity (Wildman–Crippen MR) is 59.5 cm³/mol. The average molecular weight is 220 g/mol. The van der Waals surface area contributed by atoms with Gasteiger partial charge in [0.15, 0.2) is 0 Å². The normalized spacial score (nSPS) is 23.8. The van der Waals surface area contributed by atoms with Gasteiger partial charge in [0.2, 0.25) is 5.91 Å². The summed E-state index contributed by atoms with van der Waals surface area (Å²) in [6.45, 7) is 0.885. The lowest BCUT2D eigenvalue weighted by Gasteiger charge is -2.40. The van der Waals surface area contributed by atoms with Crippen LogP contribution in [0.2, 0.25) is 0 Å². The molecule has 1 aliphatic rings. The van der Waals surface area contributed by atoms with Gasteiger partial charge in [-0.05, 0) is 38.3 Å².